The van der Waals surface area contributed by atoms with Gasteiger partial charge in [0.05, 0.1) is 12.1 Å². The fourth-order valence-corrected chi connectivity index (χ4v) is 2.84. The second-order valence-electron chi connectivity index (χ2n) is 6.51. The first kappa shape index (κ1) is 25.5. The monoisotopic (exact) mass is 445 g/mol. The molecule has 1 N–H and O–H groups in total. The van der Waals surface area contributed by atoms with E-state index < -0.39 is 0 Å². The summed E-state index contributed by atoms with van der Waals surface area (Å²) in [6, 6.07) is 10.1. The van der Waals surface area contributed by atoms with Crippen LogP contribution in [0.2, 0.25) is 5.02 Å². The van der Waals surface area contributed by atoms with Gasteiger partial charge in [-0.15, -0.1) is 12.4 Å². The Morgan fingerprint density at radius 1 is 1.03 bits per heavy atom. The number of nitrogens with one attached hydrogen (secondary N) is 1. The summed E-state index contributed by atoms with van der Waals surface area (Å²) in [7, 11) is 1.61. The number of halogens is 3. The minimum absolute atomic E-state index is 0. The molecule has 2 aromatic rings. The topological polar surface area (TPSA) is 39.7 Å². The molecular weight excluding hydrogens is 416 g/mol. The van der Waals surface area contributed by atoms with E-state index in [1.54, 1.807) is 13.2 Å². The van der Waals surface area contributed by atoms with Crippen molar-refractivity contribution in [1.82, 2.24) is 5.32 Å². The smallest absolute Gasteiger partial charge is 0.161 e. The molecule has 0 amide bonds. The Balaban J connectivity index is 0.00000420. The number of hydrogen-bond donors (Lipinski definition) is 1. The van der Waals surface area contributed by atoms with E-state index in [2.05, 4.69) is 12.2 Å². The van der Waals surface area contributed by atoms with Gasteiger partial charge in [-0.2, -0.15) is 0 Å². The lowest BCUT2D eigenvalue weighted by atomic mass is 10.2. The summed E-state index contributed by atoms with van der Waals surface area (Å²) < 4.78 is 29.9. The highest BCUT2D eigenvalue weighted by atomic mass is 35.5. The lowest BCUT2D eigenvalue weighted by molar-refractivity contribution is 0.129. The van der Waals surface area contributed by atoms with Gasteiger partial charge in [0.1, 0.15) is 12.4 Å². The lowest BCUT2D eigenvalue weighted by Crippen LogP contribution is -2.16. The third kappa shape index (κ3) is 9.22. The van der Waals surface area contributed by atoms with Crippen LogP contribution in [-0.4, -0.2) is 26.9 Å². The molecule has 0 bridgehead atoms. The summed E-state index contributed by atoms with van der Waals surface area (Å²) in [5.41, 5.74) is 1.83. The minimum atomic E-state index is -0.365. The maximum Gasteiger partial charge on any atom is 0.161 e. The summed E-state index contributed by atoms with van der Waals surface area (Å²) in [6.45, 7) is 5.68. The highest BCUT2D eigenvalue weighted by molar-refractivity contribution is 6.31. The van der Waals surface area contributed by atoms with Gasteiger partial charge in [0.15, 0.2) is 11.5 Å². The van der Waals surface area contributed by atoms with Gasteiger partial charge in [-0.3, -0.25) is 0 Å². The Morgan fingerprint density at radius 3 is 2.55 bits per heavy atom. The molecule has 2 rings (SSSR count). The van der Waals surface area contributed by atoms with E-state index in [4.69, 9.17) is 25.8 Å². The zero-order valence-electron chi connectivity index (χ0n) is 17.0. The molecule has 0 spiro atoms. The van der Waals surface area contributed by atoms with Crippen LogP contribution >= 0.6 is 24.0 Å². The van der Waals surface area contributed by atoms with Crippen molar-refractivity contribution in [3.8, 4) is 11.5 Å². The van der Waals surface area contributed by atoms with Crippen LogP contribution in [-0.2, 0) is 17.9 Å². The quantitative estimate of drug-likeness (QED) is 0.396. The van der Waals surface area contributed by atoms with Gasteiger partial charge >= 0.3 is 0 Å². The Hall–Kier alpha value is -1.53. The van der Waals surface area contributed by atoms with E-state index in [0.717, 1.165) is 56.7 Å². The van der Waals surface area contributed by atoms with Gasteiger partial charge in [0, 0.05) is 25.3 Å². The molecule has 0 heterocycles. The van der Waals surface area contributed by atoms with Crippen LogP contribution in [0.1, 0.15) is 37.3 Å². The Kier molecular flexibility index (Phi) is 12.7. The molecule has 0 aliphatic carbocycles. The van der Waals surface area contributed by atoms with Crippen molar-refractivity contribution < 1.29 is 18.6 Å². The van der Waals surface area contributed by atoms with Crippen molar-refractivity contribution >= 4 is 24.0 Å². The number of unbranched alkanes of at least 4 members (excludes halogenated alkanes) is 1. The molecule has 2 aromatic carbocycles. The summed E-state index contributed by atoms with van der Waals surface area (Å²) in [5.74, 6) is 0.909. The summed E-state index contributed by atoms with van der Waals surface area (Å²) in [5, 5.41) is 3.75. The van der Waals surface area contributed by atoms with Gasteiger partial charge in [0.2, 0.25) is 0 Å². The van der Waals surface area contributed by atoms with Crippen LogP contribution in [0.15, 0.2) is 36.4 Å². The first-order chi connectivity index (χ1) is 13.6. The maximum absolute atomic E-state index is 13.1. The molecule has 0 atom stereocenters. The van der Waals surface area contributed by atoms with Gasteiger partial charge in [-0.05, 0) is 49.2 Å². The average molecular weight is 446 g/mol. The predicted octanol–water partition coefficient (Wildman–Crippen LogP) is 5.78. The molecule has 0 aliphatic rings. The van der Waals surface area contributed by atoms with Crippen LogP contribution < -0.4 is 14.8 Å². The Bertz CT molecular complexity index is 731. The molecule has 0 saturated heterocycles. The molecule has 162 valence electrons. The molecule has 4 nitrogen and oxygen atoms in total. The first-order valence-electron chi connectivity index (χ1n) is 9.66. The molecule has 0 saturated carbocycles. The van der Waals surface area contributed by atoms with Crippen molar-refractivity contribution in [3.05, 3.63) is 58.4 Å². The molecule has 0 fully saturated rings. The second-order valence-corrected chi connectivity index (χ2v) is 6.91. The second kappa shape index (κ2) is 14.5. The molecule has 0 aliphatic heterocycles. The van der Waals surface area contributed by atoms with E-state index in [1.807, 2.05) is 18.2 Å². The highest BCUT2D eigenvalue weighted by Crippen LogP contribution is 2.29. The standard InChI is InChI=1S/C22H29ClFNO3.ClH/c1-3-4-11-27-12-5-10-25-15-17-6-9-21(22(13-17)26-2)28-16-18-7-8-19(24)14-20(18)23;/h6-9,13-14,25H,3-5,10-12,15-16H2,1-2H3;1H. The molecule has 29 heavy (non-hydrogen) atoms. The normalized spacial score (nSPS) is 10.5. The number of rotatable bonds is 13. The summed E-state index contributed by atoms with van der Waals surface area (Å²) >= 11 is 6.04. The van der Waals surface area contributed by atoms with E-state index in [9.17, 15) is 4.39 Å². The Morgan fingerprint density at radius 2 is 1.83 bits per heavy atom. The first-order valence-corrected chi connectivity index (χ1v) is 10.0. The van der Waals surface area contributed by atoms with Crippen LogP contribution in [0, 0.1) is 5.82 Å². The van der Waals surface area contributed by atoms with E-state index in [-0.39, 0.29) is 24.8 Å². The lowest BCUT2D eigenvalue weighted by Gasteiger charge is -2.13. The van der Waals surface area contributed by atoms with E-state index >= 15 is 0 Å². The van der Waals surface area contributed by atoms with Crippen molar-refractivity contribution in [2.75, 3.05) is 26.9 Å². The SMILES string of the molecule is CCCCOCCCNCc1ccc(OCc2ccc(F)cc2Cl)c(OC)c1.Cl. The molecule has 7 heteroatoms. The van der Waals surface area contributed by atoms with Crippen molar-refractivity contribution in [3.63, 3.8) is 0 Å². The summed E-state index contributed by atoms with van der Waals surface area (Å²) in [4.78, 5) is 0. The van der Waals surface area contributed by atoms with Crippen molar-refractivity contribution in [1.29, 1.82) is 0 Å². The van der Waals surface area contributed by atoms with Crippen molar-refractivity contribution in [2.24, 2.45) is 0 Å². The fraction of sp³-hybridized carbons (Fsp3) is 0.455. The third-order valence-electron chi connectivity index (χ3n) is 4.24. The highest BCUT2D eigenvalue weighted by Gasteiger charge is 2.08. The summed E-state index contributed by atoms with van der Waals surface area (Å²) in [6.07, 6.45) is 3.27. The molecule has 0 aromatic heterocycles. The largest absolute Gasteiger partial charge is 0.493 e. The fourth-order valence-electron chi connectivity index (χ4n) is 2.62. The molecule has 0 radical (unpaired) electrons. The van der Waals surface area contributed by atoms with Gasteiger partial charge in [0.25, 0.3) is 0 Å². The van der Waals surface area contributed by atoms with Crippen LogP contribution in [0.3, 0.4) is 0 Å². The number of hydrogen-bond acceptors (Lipinski definition) is 4. The third-order valence-corrected chi connectivity index (χ3v) is 4.59. The van der Waals surface area contributed by atoms with Gasteiger partial charge in [-0.1, -0.05) is 37.1 Å². The molecule has 0 unspecified atom stereocenters. The maximum atomic E-state index is 13.1. The van der Waals surface area contributed by atoms with E-state index in [1.165, 1.54) is 12.1 Å². The van der Waals surface area contributed by atoms with Crippen LogP contribution in [0.4, 0.5) is 4.39 Å². The van der Waals surface area contributed by atoms with E-state index in [0.29, 0.717) is 16.5 Å². The zero-order valence-corrected chi connectivity index (χ0v) is 18.6. The van der Waals surface area contributed by atoms with Gasteiger partial charge in [-0.25, -0.2) is 4.39 Å². The predicted molar refractivity (Wildman–Crippen MR) is 118 cm³/mol. The zero-order chi connectivity index (χ0) is 20.2. The number of ether oxygens (including phenoxy) is 3. The average Bonchev–Trinajstić information content (AvgIpc) is 2.69. The molecular formula is C22H30Cl2FNO3. The van der Waals surface area contributed by atoms with Crippen LogP contribution in [0.25, 0.3) is 0 Å². The number of methoxy groups -OCH3 is 1. The number of benzene rings is 2. The van der Waals surface area contributed by atoms with Crippen molar-refractivity contribution in [2.45, 2.75) is 39.3 Å². The Labute approximate surface area is 184 Å². The minimum Gasteiger partial charge on any atom is -0.493 e. The van der Waals surface area contributed by atoms with Crippen LogP contribution in [0.5, 0.6) is 11.5 Å². The van der Waals surface area contributed by atoms with Gasteiger partial charge < -0.3 is 19.5 Å².